The molecular weight excluding hydrogens is 328 g/mol. The number of thiazole rings is 1. The molecule has 0 saturated carbocycles. The van der Waals surface area contributed by atoms with Crippen LogP contribution in [0.3, 0.4) is 0 Å². The number of hydrogen-bond acceptors (Lipinski definition) is 5. The van der Waals surface area contributed by atoms with E-state index >= 15 is 0 Å². The van der Waals surface area contributed by atoms with Gasteiger partial charge < -0.3 is 4.90 Å². The van der Waals surface area contributed by atoms with Crippen molar-refractivity contribution in [2.45, 2.75) is 5.16 Å². The van der Waals surface area contributed by atoms with Crippen molar-refractivity contribution in [3.05, 3.63) is 49.6 Å². The summed E-state index contributed by atoms with van der Waals surface area (Å²) in [5.41, 5.74) is 1.07. The van der Waals surface area contributed by atoms with Crippen molar-refractivity contribution in [1.29, 1.82) is 0 Å². The first kappa shape index (κ1) is 15.8. The van der Waals surface area contributed by atoms with E-state index in [1.165, 1.54) is 11.8 Å². The minimum absolute atomic E-state index is 0.0334. The quantitative estimate of drug-likeness (QED) is 0.488. The molecule has 0 radical (unpaired) electrons. The Morgan fingerprint density at radius 2 is 2.00 bits per heavy atom. The molecule has 3 aromatic rings. The first-order chi connectivity index (χ1) is 11.2. The van der Waals surface area contributed by atoms with Crippen LogP contribution < -0.4 is 0 Å². The van der Waals surface area contributed by atoms with Crippen LogP contribution in [0, 0.1) is 0 Å². The molecule has 0 saturated heterocycles. The van der Waals surface area contributed by atoms with Crippen LogP contribution >= 0.6 is 23.1 Å². The Kier molecular flexibility index (Phi) is 4.78. The summed E-state index contributed by atoms with van der Waals surface area (Å²) in [5.74, 6) is 0.346. The number of nitrogens with zero attached hydrogens (tertiary/aromatic N) is 4. The highest BCUT2D eigenvalue weighted by atomic mass is 32.2. The monoisotopic (exact) mass is 344 g/mol. The highest BCUT2D eigenvalue weighted by Crippen LogP contribution is 2.29. The summed E-state index contributed by atoms with van der Waals surface area (Å²) >= 11 is 2.99. The smallest absolute Gasteiger partial charge is 0.233 e. The molecule has 0 bridgehead atoms. The van der Waals surface area contributed by atoms with E-state index in [4.69, 9.17) is 0 Å². The van der Waals surface area contributed by atoms with Gasteiger partial charge in [0.05, 0.1) is 16.0 Å². The van der Waals surface area contributed by atoms with Crippen LogP contribution in [-0.4, -0.2) is 44.2 Å². The fraction of sp³-hybridized carbons (Fsp3) is 0.188. The van der Waals surface area contributed by atoms with Gasteiger partial charge in [-0.25, -0.2) is 0 Å². The normalized spacial score (nSPS) is 11.0. The third-order valence-corrected chi connectivity index (χ3v) is 5.21. The second kappa shape index (κ2) is 6.97. The number of carbonyl (C=O) groups excluding carboxylic acids is 1. The lowest BCUT2D eigenvalue weighted by Crippen LogP contribution is -2.32. The van der Waals surface area contributed by atoms with Crippen molar-refractivity contribution in [1.82, 2.24) is 19.5 Å². The van der Waals surface area contributed by atoms with Gasteiger partial charge in [-0.05, 0) is 12.1 Å². The first-order valence-electron chi connectivity index (χ1n) is 7.09. The van der Waals surface area contributed by atoms with Gasteiger partial charge in [-0.1, -0.05) is 47.4 Å². The fourth-order valence-corrected chi connectivity index (χ4v) is 4.13. The Labute approximate surface area is 142 Å². The molecule has 5 nitrogen and oxygen atoms in total. The molecule has 0 aliphatic heterocycles. The zero-order valence-corrected chi connectivity index (χ0v) is 14.1. The molecular formula is C16H16N4OS2. The molecule has 0 aliphatic rings. The van der Waals surface area contributed by atoms with Gasteiger partial charge in [0.15, 0.2) is 5.16 Å². The highest BCUT2D eigenvalue weighted by Gasteiger charge is 2.16. The molecule has 23 heavy (non-hydrogen) atoms. The number of carbonyl (C=O) groups is 1. The average Bonchev–Trinajstić information content (AvgIpc) is 3.11. The highest BCUT2D eigenvalue weighted by molar-refractivity contribution is 7.99. The molecule has 7 heteroatoms. The van der Waals surface area contributed by atoms with Gasteiger partial charge in [0.2, 0.25) is 10.9 Å². The van der Waals surface area contributed by atoms with Crippen LogP contribution in [0.4, 0.5) is 0 Å². The van der Waals surface area contributed by atoms with Crippen molar-refractivity contribution in [3.63, 3.8) is 0 Å². The summed E-state index contributed by atoms with van der Waals surface area (Å²) < 4.78 is 3.16. The molecule has 0 spiro atoms. The van der Waals surface area contributed by atoms with E-state index in [-0.39, 0.29) is 5.91 Å². The summed E-state index contributed by atoms with van der Waals surface area (Å²) in [6, 6.07) is 8.09. The van der Waals surface area contributed by atoms with Crippen LogP contribution in [-0.2, 0) is 4.79 Å². The Bertz CT molecular complexity index is 857. The predicted octanol–water partition coefficient (Wildman–Crippen LogP) is 3.24. The van der Waals surface area contributed by atoms with Crippen molar-refractivity contribution < 1.29 is 4.79 Å². The summed E-state index contributed by atoms with van der Waals surface area (Å²) in [4.78, 5) is 14.9. The van der Waals surface area contributed by atoms with Gasteiger partial charge in [-0.2, -0.15) is 0 Å². The summed E-state index contributed by atoms with van der Waals surface area (Å²) in [5, 5.41) is 9.15. The zero-order valence-electron chi connectivity index (χ0n) is 12.5. The van der Waals surface area contributed by atoms with Crippen molar-refractivity contribution in [2.75, 3.05) is 18.8 Å². The SMILES string of the molecule is C=CCN(CC=C)C(=O)CSc1nnc2sc3ccccc3n12. The number of rotatable bonds is 7. The molecule has 0 atom stereocenters. The van der Waals surface area contributed by atoms with Gasteiger partial charge in [0.1, 0.15) is 0 Å². The third kappa shape index (κ3) is 3.16. The number of thioether (sulfide) groups is 1. The predicted molar refractivity (Wildman–Crippen MR) is 96.1 cm³/mol. The lowest BCUT2D eigenvalue weighted by molar-refractivity contribution is -0.127. The Morgan fingerprint density at radius 3 is 2.74 bits per heavy atom. The minimum Gasteiger partial charge on any atom is -0.335 e. The van der Waals surface area contributed by atoms with Crippen LogP contribution in [0.5, 0.6) is 0 Å². The van der Waals surface area contributed by atoms with Crippen LogP contribution in [0.2, 0.25) is 0 Å². The number of aromatic nitrogens is 3. The van der Waals surface area contributed by atoms with Crippen molar-refractivity contribution in [2.24, 2.45) is 0 Å². The lowest BCUT2D eigenvalue weighted by atomic mass is 10.3. The molecule has 118 valence electrons. The van der Waals surface area contributed by atoms with Gasteiger partial charge >= 0.3 is 0 Å². The second-order valence-electron chi connectivity index (χ2n) is 4.84. The first-order valence-corrected chi connectivity index (χ1v) is 8.90. The third-order valence-electron chi connectivity index (χ3n) is 3.29. The van der Waals surface area contributed by atoms with Gasteiger partial charge in [0.25, 0.3) is 0 Å². The fourth-order valence-electron chi connectivity index (χ4n) is 2.26. The topological polar surface area (TPSA) is 50.5 Å². The molecule has 3 rings (SSSR count). The molecule has 2 heterocycles. The van der Waals surface area contributed by atoms with Gasteiger partial charge in [0, 0.05) is 13.1 Å². The number of para-hydroxylation sites is 1. The lowest BCUT2D eigenvalue weighted by Gasteiger charge is -2.18. The standard InChI is InChI=1S/C16H16N4OS2/c1-3-9-19(10-4-2)14(21)11-22-15-17-18-16-20(15)12-7-5-6-8-13(12)23-16/h3-8H,1-2,9-11H2. The van der Waals surface area contributed by atoms with Gasteiger partial charge in [-0.15, -0.1) is 23.4 Å². The van der Waals surface area contributed by atoms with E-state index < -0.39 is 0 Å². The molecule has 1 aromatic carbocycles. The molecule has 0 N–H and O–H groups in total. The van der Waals surface area contributed by atoms with E-state index in [2.05, 4.69) is 29.4 Å². The van der Waals surface area contributed by atoms with Gasteiger partial charge in [-0.3, -0.25) is 9.20 Å². The average molecular weight is 344 g/mol. The minimum atomic E-state index is 0.0334. The van der Waals surface area contributed by atoms with Crippen molar-refractivity contribution in [3.8, 4) is 0 Å². The zero-order chi connectivity index (χ0) is 16.2. The van der Waals surface area contributed by atoms with Crippen LogP contribution in [0.25, 0.3) is 15.2 Å². The summed E-state index contributed by atoms with van der Waals surface area (Å²) in [7, 11) is 0. The maximum atomic E-state index is 12.3. The number of benzene rings is 1. The molecule has 2 aromatic heterocycles. The van der Waals surface area contributed by atoms with E-state index in [0.717, 1.165) is 20.3 Å². The molecule has 0 fully saturated rings. The van der Waals surface area contributed by atoms with E-state index in [0.29, 0.717) is 18.8 Å². The Hall–Kier alpha value is -2.12. The maximum absolute atomic E-state index is 12.3. The van der Waals surface area contributed by atoms with Crippen LogP contribution in [0.15, 0.2) is 54.7 Å². The Balaban J connectivity index is 1.80. The summed E-state index contributed by atoms with van der Waals surface area (Å²) in [6.45, 7) is 8.40. The van der Waals surface area contributed by atoms with Crippen LogP contribution in [0.1, 0.15) is 0 Å². The molecule has 0 unspecified atom stereocenters. The number of hydrogen-bond donors (Lipinski definition) is 0. The maximum Gasteiger partial charge on any atom is 0.233 e. The number of fused-ring (bicyclic) bond motifs is 3. The summed E-state index contributed by atoms with van der Waals surface area (Å²) in [6.07, 6.45) is 3.43. The molecule has 0 aliphatic carbocycles. The van der Waals surface area contributed by atoms with E-state index in [1.807, 2.05) is 22.6 Å². The largest absolute Gasteiger partial charge is 0.335 e. The second-order valence-corrected chi connectivity index (χ2v) is 6.79. The van der Waals surface area contributed by atoms with E-state index in [9.17, 15) is 4.79 Å². The van der Waals surface area contributed by atoms with Crippen molar-refractivity contribution >= 4 is 44.2 Å². The van der Waals surface area contributed by atoms with E-state index in [1.54, 1.807) is 28.4 Å². The molecule has 1 amide bonds. The Morgan fingerprint density at radius 1 is 1.26 bits per heavy atom. The number of amides is 1.